The third-order valence-corrected chi connectivity index (χ3v) is 3.25. The Kier molecular flexibility index (Phi) is 4.35. The highest BCUT2D eigenvalue weighted by atomic mass is 32.2. The minimum absolute atomic E-state index is 0.173. The first-order valence-electron chi connectivity index (χ1n) is 5.57. The minimum atomic E-state index is -0.386. The molecule has 6 heteroatoms. The molecule has 2 rings (SSSR count). The van der Waals surface area contributed by atoms with Gasteiger partial charge in [0, 0.05) is 11.8 Å². The number of carbonyl (C=O) groups excluding carboxylic acids is 1. The summed E-state index contributed by atoms with van der Waals surface area (Å²) >= 11 is 1.22. The quantitative estimate of drug-likeness (QED) is 0.664. The Labute approximate surface area is 115 Å². The first-order chi connectivity index (χ1) is 9.19. The summed E-state index contributed by atoms with van der Waals surface area (Å²) in [4.78, 5) is 19.2. The lowest BCUT2D eigenvalue weighted by molar-refractivity contribution is -0.115. The van der Waals surface area contributed by atoms with Gasteiger partial charge in [0.05, 0.1) is 18.6 Å². The monoisotopic (exact) mass is 275 g/mol. The van der Waals surface area contributed by atoms with Gasteiger partial charge in [-0.1, -0.05) is 11.8 Å². The van der Waals surface area contributed by atoms with Gasteiger partial charge < -0.3 is 10.5 Å². The lowest BCUT2D eigenvalue weighted by Gasteiger charge is -2.04. The zero-order chi connectivity index (χ0) is 13.7. The van der Waals surface area contributed by atoms with Gasteiger partial charge in [-0.2, -0.15) is 0 Å². The summed E-state index contributed by atoms with van der Waals surface area (Å²) in [5.74, 6) is 0.580. The highest BCUT2D eigenvalue weighted by Crippen LogP contribution is 2.22. The van der Waals surface area contributed by atoms with Crippen LogP contribution >= 0.6 is 11.8 Å². The summed E-state index contributed by atoms with van der Waals surface area (Å²) in [5.41, 5.74) is 6.85. The molecule has 0 bridgehead atoms. The molecule has 0 saturated carbocycles. The van der Waals surface area contributed by atoms with Crippen LogP contribution in [-0.2, 0) is 4.79 Å². The van der Waals surface area contributed by atoms with Crippen LogP contribution in [0.5, 0.6) is 5.75 Å². The molecule has 0 aliphatic carbocycles. The van der Waals surface area contributed by atoms with Crippen molar-refractivity contribution >= 4 is 17.7 Å². The van der Waals surface area contributed by atoms with Gasteiger partial charge in [0.25, 0.3) is 0 Å². The van der Waals surface area contributed by atoms with Crippen molar-refractivity contribution in [1.29, 1.82) is 0 Å². The Morgan fingerprint density at radius 1 is 1.32 bits per heavy atom. The molecule has 0 atom stereocenters. The summed E-state index contributed by atoms with van der Waals surface area (Å²) in [6.07, 6.45) is 1.66. The van der Waals surface area contributed by atoms with Crippen molar-refractivity contribution in [1.82, 2.24) is 9.97 Å². The molecule has 0 aliphatic rings. The maximum Gasteiger partial charge on any atom is 0.227 e. The van der Waals surface area contributed by atoms with E-state index in [9.17, 15) is 4.79 Å². The van der Waals surface area contributed by atoms with E-state index >= 15 is 0 Å². The smallest absolute Gasteiger partial charge is 0.227 e. The maximum atomic E-state index is 10.7. The van der Waals surface area contributed by atoms with Gasteiger partial charge in [0.15, 0.2) is 5.16 Å². The Balaban J connectivity index is 2.19. The van der Waals surface area contributed by atoms with Crippen LogP contribution in [0.3, 0.4) is 0 Å². The Morgan fingerprint density at radius 3 is 2.68 bits per heavy atom. The van der Waals surface area contributed by atoms with Gasteiger partial charge in [0.2, 0.25) is 5.91 Å². The zero-order valence-corrected chi connectivity index (χ0v) is 11.2. The molecular weight excluding hydrogens is 262 g/mol. The number of amides is 1. The zero-order valence-electron chi connectivity index (χ0n) is 10.4. The van der Waals surface area contributed by atoms with E-state index in [1.165, 1.54) is 11.8 Å². The van der Waals surface area contributed by atoms with E-state index < -0.39 is 0 Å². The fourth-order valence-corrected chi connectivity index (χ4v) is 2.04. The van der Waals surface area contributed by atoms with Crippen molar-refractivity contribution in [2.45, 2.75) is 5.16 Å². The standard InChI is InChI=1S/C13H13N3O2S/c1-18-10-4-2-9(3-5-10)11-6-7-15-13(16-11)19-8-12(14)17/h2-7H,8H2,1H3,(H2,14,17). The fraction of sp³-hybridized carbons (Fsp3) is 0.154. The molecule has 98 valence electrons. The number of hydrogen-bond donors (Lipinski definition) is 1. The highest BCUT2D eigenvalue weighted by molar-refractivity contribution is 7.99. The number of nitrogens with two attached hydrogens (primary N) is 1. The Morgan fingerprint density at radius 2 is 2.05 bits per heavy atom. The third kappa shape index (κ3) is 3.69. The number of benzene rings is 1. The van der Waals surface area contributed by atoms with Crippen LogP contribution in [0.2, 0.25) is 0 Å². The van der Waals surface area contributed by atoms with Crippen LogP contribution in [0.15, 0.2) is 41.7 Å². The van der Waals surface area contributed by atoms with E-state index in [1.807, 2.05) is 30.3 Å². The second-order valence-electron chi connectivity index (χ2n) is 3.71. The molecule has 2 aromatic rings. The molecule has 1 amide bonds. The van der Waals surface area contributed by atoms with Gasteiger partial charge in [0.1, 0.15) is 5.75 Å². The van der Waals surface area contributed by atoms with E-state index in [-0.39, 0.29) is 11.7 Å². The van der Waals surface area contributed by atoms with Crippen molar-refractivity contribution in [2.75, 3.05) is 12.9 Å². The normalized spacial score (nSPS) is 10.2. The largest absolute Gasteiger partial charge is 0.497 e. The lowest BCUT2D eigenvalue weighted by Crippen LogP contribution is -2.13. The molecule has 0 aliphatic heterocycles. The number of primary amides is 1. The number of nitrogens with zero attached hydrogens (tertiary/aromatic N) is 2. The second-order valence-corrected chi connectivity index (χ2v) is 4.65. The summed E-state index contributed by atoms with van der Waals surface area (Å²) in [7, 11) is 1.62. The summed E-state index contributed by atoms with van der Waals surface area (Å²) in [6.45, 7) is 0. The number of thioether (sulfide) groups is 1. The predicted octanol–water partition coefficient (Wildman–Crippen LogP) is 1.73. The number of carbonyl (C=O) groups is 1. The maximum absolute atomic E-state index is 10.7. The molecule has 2 N–H and O–H groups in total. The second kappa shape index (κ2) is 6.19. The number of methoxy groups -OCH3 is 1. The number of rotatable bonds is 5. The average Bonchev–Trinajstić information content (AvgIpc) is 2.45. The van der Waals surface area contributed by atoms with E-state index in [2.05, 4.69) is 9.97 Å². The average molecular weight is 275 g/mol. The molecule has 0 fully saturated rings. The SMILES string of the molecule is COc1ccc(-c2ccnc(SCC(N)=O)n2)cc1. The van der Waals surface area contributed by atoms with E-state index in [0.717, 1.165) is 17.0 Å². The van der Waals surface area contributed by atoms with Crippen LogP contribution in [-0.4, -0.2) is 28.7 Å². The van der Waals surface area contributed by atoms with Crippen molar-refractivity contribution in [2.24, 2.45) is 5.73 Å². The van der Waals surface area contributed by atoms with Crippen molar-refractivity contribution in [3.8, 4) is 17.0 Å². The predicted molar refractivity (Wildman–Crippen MR) is 73.9 cm³/mol. The van der Waals surface area contributed by atoms with Crippen LogP contribution in [0.25, 0.3) is 11.3 Å². The van der Waals surface area contributed by atoms with Crippen LogP contribution in [0, 0.1) is 0 Å². The van der Waals surface area contributed by atoms with E-state index in [1.54, 1.807) is 13.3 Å². The number of aromatic nitrogens is 2. The first-order valence-corrected chi connectivity index (χ1v) is 6.56. The van der Waals surface area contributed by atoms with Crippen molar-refractivity contribution < 1.29 is 9.53 Å². The van der Waals surface area contributed by atoms with Crippen LogP contribution in [0.1, 0.15) is 0 Å². The summed E-state index contributed by atoms with van der Waals surface area (Å²) < 4.78 is 5.11. The van der Waals surface area contributed by atoms with Crippen molar-refractivity contribution in [3.63, 3.8) is 0 Å². The Bertz CT molecular complexity index is 572. The summed E-state index contributed by atoms with van der Waals surface area (Å²) in [6, 6.07) is 9.39. The van der Waals surface area contributed by atoms with Crippen molar-refractivity contribution in [3.05, 3.63) is 36.5 Å². The number of hydrogen-bond acceptors (Lipinski definition) is 5. The minimum Gasteiger partial charge on any atom is -0.497 e. The molecule has 0 radical (unpaired) electrons. The molecular formula is C13H13N3O2S. The summed E-state index contributed by atoms with van der Waals surface area (Å²) in [5, 5.41) is 0.534. The van der Waals surface area contributed by atoms with Gasteiger partial charge in [-0.15, -0.1) is 0 Å². The molecule has 0 saturated heterocycles. The van der Waals surface area contributed by atoms with E-state index in [0.29, 0.717) is 5.16 Å². The van der Waals surface area contributed by atoms with Gasteiger partial charge in [-0.25, -0.2) is 9.97 Å². The lowest BCUT2D eigenvalue weighted by atomic mass is 10.1. The molecule has 0 unspecified atom stereocenters. The van der Waals surface area contributed by atoms with Gasteiger partial charge in [-0.05, 0) is 30.3 Å². The van der Waals surface area contributed by atoms with Gasteiger partial charge in [-0.3, -0.25) is 4.79 Å². The third-order valence-electron chi connectivity index (χ3n) is 2.36. The fourth-order valence-electron chi connectivity index (χ4n) is 1.47. The number of ether oxygens (including phenoxy) is 1. The Hall–Kier alpha value is -2.08. The van der Waals surface area contributed by atoms with Crippen LogP contribution in [0.4, 0.5) is 0 Å². The molecule has 1 aromatic heterocycles. The molecule has 0 spiro atoms. The molecule has 1 heterocycles. The highest BCUT2D eigenvalue weighted by Gasteiger charge is 2.04. The molecule has 1 aromatic carbocycles. The van der Waals surface area contributed by atoms with E-state index in [4.69, 9.17) is 10.5 Å². The molecule has 5 nitrogen and oxygen atoms in total. The topological polar surface area (TPSA) is 78.1 Å². The first kappa shape index (κ1) is 13.4. The molecule has 19 heavy (non-hydrogen) atoms. The van der Waals surface area contributed by atoms with Crippen LogP contribution < -0.4 is 10.5 Å². The van der Waals surface area contributed by atoms with Gasteiger partial charge >= 0.3 is 0 Å².